The summed E-state index contributed by atoms with van der Waals surface area (Å²) in [7, 11) is 0. The summed E-state index contributed by atoms with van der Waals surface area (Å²) in [6.07, 6.45) is 1.61. The van der Waals surface area contributed by atoms with Crippen molar-refractivity contribution in [2.75, 3.05) is 6.54 Å². The van der Waals surface area contributed by atoms with Crippen molar-refractivity contribution in [3.63, 3.8) is 0 Å². The maximum atomic E-state index is 11.4. The Morgan fingerprint density at radius 1 is 1.50 bits per heavy atom. The van der Waals surface area contributed by atoms with E-state index in [1.165, 1.54) is 0 Å². The lowest BCUT2D eigenvalue weighted by atomic mass is 10.1. The molecule has 0 aromatic carbocycles. The Morgan fingerprint density at radius 3 is 2.69 bits per heavy atom. The summed E-state index contributed by atoms with van der Waals surface area (Å²) >= 11 is 0. The molecule has 0 bridgehead atoms. The van der Waals surface area contributed by atoms with Gasteiger partial charge in [0.25, 0.3) is 5.91 Å². The highest BCUT2D eigenvalue weighted by atomic mass is 16.4. The number of carboxylic acids is 1. The van der Waals surface area contributed by atoms with Crippen molar-refractivity contribution in [3.05, 3.63) is 11.6 Å². The second-order valence-electron chi connectivity index (χ2n) is 3.39. The number of aliphatic carboxylic acids is 1. The molecule has 0 fully saturated rings. The third-order valence-electron chi connectivity index (χ3n) is 2.16. The minimum Gasteiger partial charge on any atom is -0.481 e. The Balaban J connectivity index is 2.58. The lowest BCUT2D eigenvalue weighted by Gasteiger charge is -2.22. The van der Waals surface area contributed by atoms with E-state index in [4.69, 9.17) is 5.11 Å². The molecule has 0 saturated carbocycles. The molecule has 16 heavy (non-hydrogen) atoms. The molecule has 1 aliphatic heterocycles. The molecule has 0 spiro atoms. The Bertz CT molecular complexity index is 371. The maximum Gasteiger partial charge on any atom is 0.303 e. The van der Waals surface area contributed by atoms with Crippen LogP contribution in [0.4, 0.5) is 0 Å². The molecule has 1 heterocycles. The summed E-state index contributed by atoms with van der Waals surface area (Å²) in [6.45, 7) is 0.0760. The highest BCUT2D eigenvalue weighted by Gasteiger charge is 2.25. The fraction of sp³-hybridized carbons (Fsp3) is 0.400. The van der Waals surface area contributed by atoms with Gasteiger partial charge in [-0.05, 0) is 6.42 Å². The Kier molecular flexibility index (Phi) is 3.93. The number of imide groups is 1. The van der Waals surface area contributed by atoms with E-state index in [1.54, 1.807) is 0 Å². The van der Waals surface area contributed by atoms with Gasteiger partial charge in [0.15, 0.2) is 0 Å². The largest absolute Gasteiger partial charge is 0.481 e. The number of rotatable bonds is 5. The molecule has 6 nitrogen and oxygen atoms in total. The SMILES string of the molecule is O=CC1=CC(=O)N(CCCC(=O)O)C(=O)C1. The first-order chi connectivity index (χ1) is 7.54. The predicted octanol–water partition coefficient (Wildman–Crippen LogP) is -0.265. The summed E-state index contributed by atoms with van der Waals surface area (Å²) in [5.74, 6) is -1.98. The van der Waals surface area contributed by atoms with Crippen molar-refractivity contribution in [2.45, 2.75) is 19.3 Å². The predicted molar refractivity (Wildman–Crippen MR) is 52.4 cm³/mol. The number of amides is 2. The molecule has 0 aromatic rings. The van der Waals surface area contributed by atoms with Gasteiger partial charge in [-0.15, -0.1) is 0 Å². The van der Waals surface area contributed by atoms with E-state index in [-0.39, 0.29) is 31.4 Å². The summed E-state index contributed by atoms with van der Waals surface area (Å²) in [5.41, 5.74) is 0.157. The van der Waals surface area contributed by atoms with Gasteiger partial charge in [-0.2, -0.15) is 0 Å². The van der Waals surface area contributed by atoms with Gasteiger partial charge in [0.2, 0.25) is 5.91 Å². The molecule has 0 radical (unpaired) electrons. The number of aldehydes is 1. The van der Waals surface area contributed by atoms with Crippen LogP contribution in [0.25, 0.3) is 0 Å². The van der Waals surface area contributed by atoms with E-state index in [2.05, 4.69) is 0 Å². The second kappa shape index (κ2) is 5.20. The normalized spacial score (nSPS) is 16.0. The Hall–Kier alpha value is -1.98. The Labute approximate surface area is 91.5 Å². The standard InChI is InChI=1S/C10H11NO5/c12-6-7-4-8(13)11(9(14)5-7)3-1-2-10(15)16/h4,6H,1-3,5H2,(H,15,16). The maximum absolute atomic E-state index is 11.4. The highest BCUT2D eigenvalue weighted by Crippen LogP contribution is 2.12. The average molecular weight is 225 g/mol. The molecule has 0 saturated heterocycles. The van der Waals surface area contributed by atoms with Gasteiger partial charge in [0.05, 0.1) is 6.42 Å². The summed E-state index contributed by atoms with van der Waals surface area (Å²) in [5, 5.41) is 8.41. The van der Waals surface area contributed by atoms with Gasteiger partial charge in [-0.1, -0.05) is 0 Å². The molecule has 1 rings (SSSR count). The quantitative estimate of drug-likeness (QED) is 0.514. The van der Waals surface area contributed by atoms with Crippen molar-refractivity contribution < 1.29 is 24.3 Å². The molecule has 0 aliphatic carbocycles. The summed E-state index contributed by atoms with van der Waals surface area (Å²) in [4.78, 5) is 44.4. The zero-order valence-corrected chi connectivity index (χ0v) is 8.51. The fourth-order valence-electron chi connectivity index (χ4n) is 1.38. The van der Waals surface area contributed by atoms with Crippen molar-refractivity contribution in [1.29, 1.82) is 0 Å². The molecule has 1 N–H and O–H groups in total. The molecule has 86 valence electrons. The Morgan fingerprint density at radius 2 is 2.19 bits per heavy atom. The number of hydrogen-bond acceptors (Lipinski definition) is 4. The number of carbonyl (C=O) groups excluding carboxylic acids is 3. The van der Waals surface area contributed by atoms with E-state index in [1.807, 2.05) is 0 Å². The minimum absolute atomic E-state index is 0.0760. The van der Waals surface area contributed by atoms with E-state index in [0.29, 0.717) is 6.29 Å². The molecular weight excluding hydrogens is 214 g/mol. The second-order valence-corrected chi connectivity index (χ2v) is 3.39. The first-order valence-electron chi connectivity index (χ1n) is 4.76. The van der Waals surface area contributed by atoms with Gasteiger partial charge < -0.3 is 5.11 Å². The molecule has 0 atom stereocenters. The number of carbonyl (C=O) groups is 4. The molecule has 0 aromatic heterocycles. The minimum atomic E-state index is -0.971. The van der Waals surface area contributed by atoms with Crippen LogP contribution in [-0.2, 0) is 19.2 Å². The van der Waals surface area contributed by atoms with Crippen LogP contribution in [0.2, 0.25) is 0 Å². The van der Waals surface area contributed by atoms with E-state index >= 15 is 0 Å². The number of carboxylic acid groups (broad SMARTS) is 1. The van der Waals surface area contributed by atoms with Gasteiger partial charge in [-0.25, -0.2) is 0 Å². The number of nitrogens with zero attached hydrogens (tertiary/aromatic N) is 1. The summed E-state index contributed by atoms with van der Waals surface area (Å²) < 4.78 is 0. The molecule has 6 heteroatoms. The zero-order valence-electron chi connectivity index (χ0n) is 8.51. The smallest absolute Gasteiger partial charge is 0.303 e. The van der Waals surface area contributed by atoms with Gasteiger partial charge in [-0.3, -0.25) is 24.1 Å². The monoisotopic (exact) mass is 225 g/mol. The van der Waals surface area contributed by atoms with Crippen LogP contribution in [0, 0.1) is 0 Å². The van der Waals surface area contributed by atoms with Crippen LogP contribution >= 0.6 is 0 Å². The van der Waals surface area contributed by atoms with Crippen LogP contribution in [0.15, 0.2) is 11.6 Å². The van der Waals surface area contributed by atoms with Crippen LogP contribution in [0.1, 0.15) is 19.3 Å². The molecule has 1 aliphatic rings. The van der Waals surface area contributed by atoms with Crippen LogP contribution in [0.3, 0.4) is 0 Å². The van der Waals surface area contributed by atoms with Gasteiger partial charge >= 0.3 is 5.97 Å². The third-order valence-corrected chi connectivity index (χ3v) is 2.16. The van der Waals surface area contributed by atoms with Crippen LogP contribution in [-0.4, -0.2) is 40.6 Å². The summed E-state index contributed by atoms with van der Waals surface area (Å²) in [6, 6.07) is 0. The van der Waals surface area contributed by atoms with Crippen molar-refractivity contribution >= 4 is 24.1 Å². The lowest BCUT2D eigenvalue weighted by Crippen LogP contribution is -2.40. The molecule has 2 amide bonds. The average Bonchev–Trinajstić information content (AvgIpc) is 2.21. The fourth-order valence-corrected chi connectivity index (χ4v) is 1.38. The third kappa shape index (κ3) is 3.01. The van der Waals surface area contributed by atoms with E-state index < -0.39 is 17.8 Å². The van der Waals surface area contributed by atoms with Crippen molar-refractivity contribution in [1.82, 2.24) is 4.90 Å². The topological polar surface area (TPSA) is 91.8 Å². The first kappa shape index (κ1) is 12.1. The van der Waals surface area contributed by atoms with Gasteiger partial charge in [0.1, 0.15) is 6.29 Å². The lowest BCUT2D eigenvalue weighted by molar-refractivity contribution is -0.144. The first-order valence-corrected chi connectivity index (χ1v) is 4.76. The number of hydrogen-bond donors (Lipinski definition) is 1. The van der Waals surface area contributed by atoms with Crippen LogP contribution < -0.4 is 0 Å². The van der Waals surface area contributed by atoms with E-state index in [9.17, 15) is 19.2 Å². The molecular formula is C10H11NO5. The van der Waals surface area contributed by atoms with Crippen molar-refractivity contribution in [2.24, 2.45) is 0 Å². The highest BCUT2D eigenvalue weighted by molar-refractivity contribution is 6.09. The van der Waals surface area contributed by atoms with E-state index in [0.717, 1.165) is 11.0 Å². The molecule has 0 unspecified atom stereocenters. The van der Waals surface area contributed by atoms with Crippen LogP contribution in [0.5, 0.6) is 0 Å². The van der Waals surface area contributed by atoms with Gasteiger partial charge in [0, 0.05) is 24.6 Å². The van der Waals surface area contributed by atoms with Crippen molar-refractivity contribution in [3.8, 4) is 0 Å². The zero-order chi connectivity index (χ0) is 12.1.